The average molecular weight is 485 g/mol. The minimum atomic E-state index is -0.239. The van der Waals surface area contributed by atoms with Gasteiger partial charge in [0.25, 0.3) is 0 Å². The van der Waals surface area contributed by atoms with Crippen molar-refractivity contribution in [2.24, 2.45) is 4.99 Å². The Morgan fingerprint density at radius 1 is 1.22 bits per heavy atom. The number of fused-ring (bicyclic) bond motifs is 1. The molecule has 3 rings (SSSR count). The van der Waals surface area contributed by atoms with Crippen molar-refractivity contribution < 1.29 is 13.9 Å². The molecule has 7 heteroatoms. The van der Waals surface area contributed by atoms with Crippen LogP contribution in [0.25, 0.3) is 0 Å². The van der Waals surface area contributed by atoms with Crippen LogP contribution in [-0.2, 0) is 19.5 Å². The third-order valence-electron chi connectivity index (χ3n) is 4.34. The molecule has 2 aromatic rings. The molecular formula is C20H25FIN3O2. The number of nitrogens with zero attached hydrogens (tertiary/aromatic N) is 1. The second kappa shape index (κ2) is 9.77. The first kappa shape index (κ1) is 21.3. The second-order valence-corrected chi connectivity index (χ2v) is 6.31. The maximum absolute atomic E-state index is 13.0. The summed E-state index contributed by atoms with van der Waals surface area (Å²) in [6.45, 7) is 3.17. The predicted octanol–water partition coefficient (Wildman–Crippen LogP) is 3.64. The first-order valence-corrected chi connectivity index (χ1v) is 8.64. The van der Waals surface area contributed by atoms with Crippen LogP contribution in [0.1, 0.15) is 23.6 Å². The van der Waals surface area contributed by atoms with Gasteiger partial charge in [0, 0.05) is 37.7 Å². The van der Waals surface area contributed by atoms with Gasteiger partial charge in [-0.2, -0.15) is 0 Å². The number of methoxy groups -OCH3 is 1. The molecule has 146 valence electrons. The third kappa shape index (κ3) is 5.47. The highest BCUT2D eigenvalue weighted by molar-refractivity contribution is 14.0. The molecule has 27 heavy (non-hydrogen) atoms. The summed E-state index contributed by atoms with van der Waals surface area (Å²) >= 11 is 0. The Kier molecular flexibility index (Phi) is 7.70. The lowest BCUT2D eigenvalue weighted by Gasteiger charge is -2.15. The Bertz CT molecular complexity index is 797. The van der Waals surface area contributed by atoms with Gasteiger partial charge in [-0.3, -0.25) is 4.99 Å². The van der Waals surface area contributed by atoms with E-state index < -0.39 is 0 Å². The number of nitrogens with one attached hydrogen (secondary N) is 2. The topological polar surface area (TPSA) is 54.9 Å². The van der Waals surface area contributed by atoms with Crippen molar-refractivity contribution in [1.82, 2.24) is 10.6 Å². The SMILES string of the molecule is CN=C(NCc1ccc(F)cc1)NCc1cc2c(cc1OC)CC(C)O2.I. The van der Waals surface area contributed by atoms with E-state index in [0.717, 1.165) is 29.0 Å². The minimum absolute atomic E-state index is 0. The Morgan fingerprint density at radius 3 is 2.59 bits per heavy atom. The molecule has 0 aliphatic carbocycles. The summed E-state index contributed by atoms with van der Waals surface area (Å²) in [7, 11) is 3.39. The highest BCUT2D eigenvalue weighted by Crippen LogP contribution is 2.34. The fourth-order valence-corrected chi connectivity index (χ4v) is 3.00. The van der Waals surface area contributed by atoms with Crippen LogP contribution in [0, 0.1) is 5.82 Å². The van der Waals surface area contributed by atoms with Crippen LogP contribution in [0.4, 0.5) is 4.39 Å². The zero-order chi connectivity index (χ0) is 18.5. The number of guanidine groups is 1. The molecule has 2 aromatic carbocycles. The van der Waals surface area contributed by atoms with Gasteiger partial charge >= 0.3 is 0 Å². The molecule has 5 nitrogen and oxygen atoms in total. The van der Waals surface area contributed by atoms with Crippen LogP contribution < -0.4 is 20.1 Å². The molecular weight excluding hydrogens is 460 g/mol. The summed E-state index contributed by atoms with van der Waals surface area (Å²) in [5.74, 6) is 2.18. The van der Waals surface area contributed by atoms with E-state index in [1.54, 1.807) is 26.3 Å². The van der Waals surface area contributed by atoms with Crippen molar-refractivity contribution in [2.45, 2.75) is 32.5 Å². The van der Waals surface area contributed by atoms with E-state index in [-0.39, 0.29) is 35.9 Å². The summed E-state index contributed by atoms with van der Waals surface area (Å²) in [6.07, 6.45) is 1.10. The van der Waals surface area contributed by atoms with E-state index in [1.807, 2.05) is 12.1 Å². The van der Waals surface area contributed by atoms with Crippen molar-refractivity contribution in [1.29, 1.82) is 0 Å². The van der Waals surface area contributed by atoms with Gasteiger partial charge in [-0.05, 0) is 36.8 Å². The second-order valence-electron chi connectivity index (χ2n) is 6.31. The molecule has 1 heterocycles. The summed E-state index contributed by atoms with van der Waals surface area (Å²) in [5.41, 5.74) is 3.16. The Labute approximate surface area is 176 Å². The summed E-state index contributed by atoms with van der Waals surface area (Å²) in [4.78, 5) is 4.22. The van der Waals surface area contributed by atoms with E-state index in [1.165, 1.54) is 17.7 Å². The number of aliphatic imine (C=N–C) groups is 1. The molecule has 1 atom stereocenters. The van der Waals surface area contributed by atoms with E-state index in [9.17, 15) is 4.39 Å². The van der Waals surface area contributed by atoms with Gasteiger partial charge in [0.1, 0.15) is 23.4 Å². The molecule has 0 saturated carbocycles. The van der Waals surface area contributed by atoms with E-state index in [0.29, 0.717) is 19.0 Å². The van der Waals surface area contributed by atoms with Gasteiger partial charge < -0.3 is 20.1 Å². The van der Waals surface area contributed by atoms with Gasteiger partial charge in [-0.1, -0.05) is 12.1 Å². The maximum atomic E-state index is 13.0. The number of halogens is 2. The minimum Gasteiger partial charge on any atom is -0.496 e. The van der Waals surface area contributed by atoms with Crippen molar-refractivity contribution in [2.75, 3.05) is 14.2 Å². The fraction of sp³-hybridized carbons (Fsp3) is 0.350. The number of rotatable bonds is 5. The van der Waals surface area contributed by atoms with Gasteiger partial charge in [-0.15, -0.1) is 24.0 Å². The number of ether oxygens (including phenoxy) is 2. The molecule has 0 bridgehead atoms. The molecule has 0 radical (unpaired) electrons. The highest BCUT2D eigenvalue weighted by Gasteiger charge is 2.21. The van der Waals surface area contributed by atoms with Crippen LogP contribution >= 0.6 is 24.0 Å². The molecule has 1 aliphatic rings. The van der Waals surface area contributed by atoms with Gasteiger partial charge in [-0.25, -0.2) is 4.39 Å². The number of hydrogen-bond acceptors (Lipinski definition) is 3. The van der Waals surface area contributed by atoms with Crippen molar-refractivity contribution in [3.05, 3.63) is 58.9 Å². The summed E-state index contributed by atoms with van der Waals surface area (Å²) in [5, 5.41) is 6.49. The summed E-state index contributed by atoms with van der Waals surface area (Å²) < 4.78 is 24.3. The number of hydrogen-bond donors (Lipinski definition) is 2. The first-order valence-electron chi connectivity index (χ1n) is 8.64. The molecule has 0 aromatic heterocycles. The zero-order valence-corrected chi connectivity index (χ0v) is 18.0. The lowest BCUT2D eigenvalue weighted by atomic mass is 10.1. The van der Waals surface area contributed by atoms with Gasteiger partial charge in [0.2, 0.25) is 0 Å². The average Bonchev–Trinajstić information content (AvgIpc) is 3.01. The van der Waals surface area contributed by atoms with Crippen LogP contribution in [-0.4, -0.2) is 26.2 Å². The monoisotopic (exact) mass is 485 g/mol. The molecule has 0 amide bonds. The van der Waals surface area contributed by atoms with E-state index in [4.69, 9.17) is 9.47 Å². The van der Waals surface area contributed by atoms with Crippen molar-refractivity contribution >= 4 is 29.9 Å². The largest absolute Gasteiger partial charge is 0.496 e. The summed E-state index contributed by atoms with van der Waals surface area (Å²) in [6, 6.07) is 10.5. The van der Waals surface area contributed by atoms with E-state index >= 15 is 0 Å². The smallest absolute Gasteiger partial charge is 0.191 e. The molecule has 1 unspecified atom stereocenters. The van der Waals surface area contributed by atoms with Crippen LogP contribution in [0.3, 0.4) is 0 Å². The van der Waals surface area contributed by atoms with Crippen molar-refractivity contribution in [3.8, 4) is 11.5 Å². The fourth-order valence-electron chi connectivity index (χ4n) is 3.00. The van der Waals surface area contributed by atoms with Crippen LogP contribution in [0.2, 0.25) is 0 Å². The quantitative estimate of drug-likeness (QED) is 0.386. The molecule has 0 fully saturated rings. The van der Waals surface area contributed by atoms with Gasteiger partial charge in [0.05, 0.1) is 7.11 Å². The van der Waals surface area contributed by atoms with Crippen LogP contribution in [0.15, 0.2) is 41.4 Å². The lowest BCUT2D eigenvalue weighted by Crippen LogP contribution is -2.36. The van der Waals surface area contributed by atoms with Crippen LogP contribution in [0.5, 0.6) is 11.5 Å². The third-order valence-corrected chi connectivity index (χ3v) is 4.34. The van der Waals surface area contributed by atoms with Crippen molar-refractivity contribution in [3.63, 3.8) is 0 Å². The highest BCUT2D eigenvalue weighted by atomic mass is 127. The first-order chi connectivity index (χ1) is 12.6. The lowest BCUT2D eigenvalue weighted by molar-refractivity contribution is 0.254. The Hall–Kier alpha value is -2.03. The molecule has 0 spiro atoms. The normalized spacial score (nSPS) is 15.4. The van der Waals surface area contributed by atoms with Gasteiger partial charge in [0.15, 0.2) is 5.96 Å². The van der Waals surface area contributed by atoms with E-state index in [2.05, 4.69) is 22.5 Å². The Balaban J connectivity index is 0.00000261. The Morgan fingerprint density at radius 2 is 1.93 bits per heavy atom. The predicted molar refractivity (Wildman–Crippen MR) is 116 cm³/mol. The molecule has 2 N–H and O–H groups in total. The maximum Gasteiger partial charge on any atom is 0.191 e. The molecule has 0 saturated heterocycles. The molecule has 1 aliphatic heterocycles. The standard InChI is InChI=1S/C20H24FN3O2.HI/c1-13-8-15-9-18(25-3)16(10-19(15)26-13)12-24-20(22-2)23-11-14-4-6-17(21)7-5-14;/h4-7,9-10,13H,8,11-12H2,1-3H3,(H2,22,23,24);1H. The number of benzene rings is 2. The zero-order valence-electron chi connectivity index (χ0n) is 15.7.